The smallest absolute Gasteiger partial charge is 0.287 e. The molecule has 11 nitrogen and oxygen atoms in total. The van der Waals surface area contributed by atoms with Crippen molar-refractivity contribution < 1.29 is 18.8 Å². The van der Waals surface area contributed by atoms with Crippen LogP contribution < -0.4 is 16.0 Å². The molecule has 14 heteroatoms. The number of nitrogens with zero attached hydrogens (tertiary/aromatic N) is 5. The number of carbonyl (C=O) groups excluding carboxylic acids is 3. The van der Waals surface area contributed by atoms with Gasteiger partial charge in [0.25, 0.3) is 11.8 Å². The molecule has 0 saturated carbocycles. The lowest BCUT2D eigenvalue weighted by molar-refractivity contribution is -0.123. The van der Waals surface area contributed by atoms with Crippen LogP contribution in [0, 0.1) is 5.82 Å². The number of amides is 3. The predicted molar refractivity (Wildman–Crippen MR) is 144 cm³/mol. The first-order valence-corrected chi connectivity index (χ1v) is 13.1. The van der Waals surface area contributed by atoms with Crippen LogP contribution in [0.3, 0.4) is 0 Å². The first-order chi connectivity index (χ1) is 19.4. The zero-order valence-electron chi connectivity index (χ0n) is 20.4. The molecule has 1 atom stereocenters. The molecule has 1 aliphatic heterocycles. The third-order valence-corrected chi connectivity index (χ3v) is 7.38. The van der Waals surface area contributed by atoms with E-state index in [0.29, 0.717) is 11.2 Å². The Morgan fingerprint density at radius 2 is 1.93 bits per heavy atom. The summed E-state index contributed by atoms with van der Waals surface area (Å²) in [5.74, 6) is -2.02. The molecule has 3 N–H and O–H groups in total. The Labute approximate surface area is 234 Å². The molecule has 3 amide bonds. The molecule has 5 aromatic rings. The number of halogens is 2. The van der Waals surface area contributed by atoms with Gasteiger partial charge in [-0.05, 0) is 41.9 Å². The molecule has 40 heavy (non-hydrogen) atoms. The highest BCUT2D eigenvalue weighted by Crippen LogP contribution is 2.36. The van der Waals surface area contributed by atoms with E-state index in [2.05, 4.69) is 35.3 Å². The van der Waals surface area contributed by atoms with Crippen LogP contribution in [-0.4, -0.2) is 41.6 Å². The number of benzene rings is 2. The van der Waals surface area contributed by atoms with Gasteiger partial charge in [-0.15, -0.1) is 0 Å². The summed E-state index contributed by atoms with van der Waals surface area (Å²) in [6.07, 6.45) is 3.08. The summed E-state index contributed by atoms with van der Waals surface area (Å²) in [5.41, 5.74) is 0.658. The molecule has 0 aliphatic carbocycles. The van der Waals surface area contributed by atoms with E-state index in [0.717, 1.165) is 4.70 Å². The maximum Gasteiger partial charge on any atom is 0.287 e. The first kappa shape index (κ1) is 25.5. The number of imidazole rings is 1. The quantitative estimate of drug-likeness (QED) is 0.281. The second-order valence-corrected chi connectivity index (χ2v) is 9.96. The van der Waals surface area contributed by atoms with E-state index < -0.39 is 29.6 Å². The van der Waals surface area contributed by atoms with Crippen molar-refractivity contribution in [3.05, 3.63) is 100 Å². The third-order valence-electron chi connectivity index (χ3n) is 6.21. The largest absolute Gasteiger partial charge is 0.342 e. The van der Waals surface area contributed by atoms with Crippen molar-refractivity contribution in [1.82, 2.24) is 34.5 Å². The van der Waals surface area contributed by atoms with Gasteiger partial charge in [0.15, 0.2) is 5.82 Å². The van der Waals surface area contributed by atoms with E-state index in [-0.39, 0.29) is 46.7 Å². The van der Waals surface area contributed by atoms with Gasteiger partial charge in [-0.25, -0.2) is 19.3 Å². The molecule has 0 radical (unpaired) electrons. The van der Waals surface area contributed by atoms with Gasteiger partial charge in [-0.1, -0.05) is 29.8 Å². The van der Waals surface area contributed by atoms with E-state index >= 15 is 0 Å². The Balaban J connectivity index is 1.43. The number of hydrogen-bond donors (Lipinski definition) is 3. The number of nitrogens with one attached hydrogen (secondary N) is 3. The van der Waals surface area contributed by atoms with Gasteiger partial charge >= 0.3 is 0 Å². The van der Waals surface area contributed by atoms with E-state index in [4.69, 9.17) is 11.6 Å². The highest BCUT2D eigenvalue weighted by molar-refractivity contribution is 7.13. The van der Waals surface area contributed by atoms with E-state index in [1.807, 2.05) is 12.1 Å². The summed E-state index contributed by atoms with van der Waals surface area (Å²) >= 11 is 7.57. The van der Waals surface area contributed by atoms with Gasteiger partial charge in [0.2, 0.25) is 11.7 Å². The van der Waals surface area contributed by atoms with Gasteiger partial charge in [0.1, 0.15) is 23.9 Å². The Kier molecular flexibility index (Phi) is 6.66. The van der Waals surface area contributed by atoms with Gasteiger partial charge in [-0.2, -0.15) is 4.37 Å². The number of fused-ring (bicyclic) bond motifs is 2. The third kappa shape index (κ3) is 4.76. The maximum absolute atomic E-state index is 14.3. The summed E-state index contributed by atoms with van der Waals surface area (Å²) in [7, 11) is 0. The number of aromatic nitrogens is 5. The van der Waals surface area contributed by atoms with Crippen LogP contribution in [0.15, 0.2) is 60.9 Å². The lowest BCUT2D eigenvalue weighted by Gasteiger charge is -2.28. The summed E-state index contributed by atoms with van der Waals surface area (Å²) in [6.45, 7) is -0.272. The van der Waals surface area contributed by atoms with Crippen LogP contribution in [0.4, 0.5) is 10.2 Å². The molecule has 2 aromatic carbocycles. The lowest BCUT2D eigenvalue weighted by Crippen LogP contribution is -2.41. The Bertz CT molecular complexity index is 1790. The molecule has 200 valence electrons. The van der Waals surface area contributed by atoms with E-state index in [9.17, 15) is 18.8 Å². The number of carbonyl (C=O) groups is 3. The predicted octanol–water partition coefficient (Wildman–Crippen LogP) is 3.48. The topological polar surface area (TPSA) is 144 Å². The monoisotopic (exact) mass is 576 g/mol. The molecule has 0 saturated heterocycles. The molecule has 3 aromatic heterocycles. The van der Waals surface area contributed by atoms with Crippen molar-refractivity contribution in [3.63, 3.8) is 0 Å². The average molecular weight is 577 g/mol. The van der Waals surface area contributed by atoms with E-state index in [1.54, 1.807) is 30.6 Å². The fraction of sp³-hybridized carbons (Fsp3) is 0.115. The summed E-state index contributed by atoms with van der Waals surface area (Å²) in [5, 5.41) is 9.03. The highest BCUT2D eigenvalue weighted by Gasteiger charge is 2.36. The van der Waals surface area contributed by atoms with Crippen molar-refractivity contribution in [2.24, 2.45) is 0 Å². The second kappa shape index (κ2) is 10.4. The minimum Gasteiger partial charge on any atom is -0.342 e. The molecule has 0 fully saturated rings. The van der Waals surface area contributed by atoms with Crippen LogP contribution in [0.5, 0.6) is 0 Å². The lowest BCUT2D eigenvalue weighted by atomic mass is 10.0. The molecule has 6 rings (SSSR count). The van der Waals surface area contributed by atoms with Crippen molar-refractivity contribution in [3.8, 4) is 0 Å². The molecule has 0 spiro atoms. The van der Waals surface area contributed by atoms with E-state index in [1.165, 1.54) is 34.3 Å². The minimum atomic E-state index is -1.02. The van der Waals surface area contributed by atoms with Gasteiger partial charge in [0.05, 0.1) is 23.0 Å². The van der Waals surface area contributed by atoms with Gasteiger partial charge in [-0.3, -0.25) is 14.4 Å². The van der Waals surface area contributed by atoms with Crippen LogP contribution in [0.1, 0.15) is 44.2 Å². The van der Waals surface area contributed by atoms with Crippen LogP contribution in [0.25, 0.3) is 10.1 Å². The zero-order chi connectivity index (χ0) is 27.8. The Morgan fingerprint density at radius 3 is 2.75 bits per heavy atom. The molecular weight excluding hydrogens is 559 g/mol. The summed E-state index contributed by atoms with van der Waals surface area (Å²) in [4.78, 5) is 52.0. The Hall–Kier alpha value is -4.75. The van der Waals surface area contributed by atoms with Crippen molar-refractivity contribution >= 4 is 56.8 Å². The zero-order valence-corrected chi connectivity index (χ0v) is 22.0. The van der Waals surface area contributed by atoms with Crippen LogP contribution >= 0.6 is 23.1 Å². The number of hydrogen-bond acceptors (Lipinski definition) is 8. The highest BCUT2D eigenvalue weighted by atomic mass is 35.5. The summed E-state index contributed by atoms with van der Waals surface area (Å²) < 4.78 is 20.7. The van der Waals surface area contributed by atoms with Crippen LogP contribution in [-0.2, 0) is 17.9 Å². The number of rotatable bonds is 6. The normalized spacial score (nSPS) is 14.4. The van der Waals surface area contributed by atoms with Crippen molar-refractivity contribution in [2.45, 2.75) is 19.1 Å². The van der Waals surface area contributed by atoms with Gasteiger partial charge < -0.3 is 20.5 Å². The van der Waals surface area contributed by atoms with Crippen LogP contribution in [0.2, 0.25) is 5.02 Å². The fourth-order valence-corrected chi connectivity index (χ4v) is 5.44. The SMILES string of the molecule is O=C1Cn2c(C(=O)NCc3ncccn3)nc(NC(=O)c3nsc4ccccc34)c2[C@H](c2cc(F)ccc2Cl)N1. The minimum absolute atomic E-state index is 0.000276. The molecule has 0 bridgehead atoms. The fourth-order valence-electron chi connectivity index (χ4n) is 4.44. The standard InChI is InChI=1S/C26H18ClFN8O3S/c27-16-7-6-13(28)10-15(16)20-22-23(34-25(38)21-14-4-1-2-5-17(14)40-35-21)33-24(36(22)12-19(37)32-20)26(39)31-11-18-29-8-3-9-30-18/h1-10,20H,11-12H2,(H,31,39)(H,32,37)(H,34,38)/t20-/m0/s1. The summed E-state index contributed by atoms with van der Waals surface area (Å²) in [6, 6.07) is 11.6. The number of anilines is 1. The molecular formula is C26H18ClFN8O3S. The average Bonchev–Trinajstić information content (AvgIpc) is 3.55. The Morgan fingerprint density at radius 1 is 1.12 bits per heavy atom. The molecule has 1 aliphatic rings. The van der Waals surface area contributed by atoms with Crippen molar-refractivity contribution in [1.29, 1.82) is 0 Å². The van der Waals surface area contributed by atoms with Gasteiger partial charge in [0, 0.05) is 28.4 Å². The molecule has 4 heterocycles. The maximum atomic E-state index is 14.3. The molecule has 0 unspecified atom stereocenters. The second-order valence-electron chi connectivity index (χ2n) is 8.75. The van der Waals surface area contributed by atoms with Crippen molar-refractivity contribution in [2.75, 3.05) is 5.32 Å². The first-order valence-electron chi connectivity index (χ1n) is 11.9.